The van der Waals surface area contributed by atoms with Crippen molar-refractivity contribution < 1.29 is 0 Å². The Morgan fingerprint density at radius 2 is 1.61 bits per heavy atom. The van der Waals surface area contributed by atoms with Crippen LogP contribution < -0.4 is 4.90 Å². The SMILES string of the molecule is CCc1cccc(CC)c1/N=C(\C)c1ccc2cccc(C3=N[C@@H](C(C)CC)CN3c3ccccc3)c2n1. The molecule has 1 aromatic heterocycles. The molecule has 4 heteroatoms. The highest BCUT2D eigenvalue weighted by molar-refractivity contribution is 6.17. The zero-order valence-electron chi connectivity index (χ0n) is 23.3. The molecule has 4 aromatic rings. The molecule has 194 valence electrons. The van der Waals surface area contributed by atoms with Gasteiger partial charge in [0.2, 0.25) is 0 Å². The van der Waals surface area contributed by atoms with Gasteiger partial charge < -0.3 is 4.90 Å². The minimum absolute atomic E-state index is 0.259. The lowest BCUT2D eigenvalue weighted by Crippen LogP contribution is -2.31. The first kappa shape index (κ1) is 25.8. The third kappa shape index (κ3) is 5.00. The van der Waals surface area contributed by atoms with Gasteiger partial charge >= 0.3 is 0 Å². The lowest BCUT2D eigenvalue weighted by Gasteiger charge is -2.23. The number of fused-ring (bicyclic) bond motifs is 1. The standard InChI is InChI=1S/C34H38N4/c1-6-23(4)31-22-38(28-17-10-9-11-18-28)34(37-31)29-19-13-16-27-20-21-30(36-33(27)29)24(5)35-32-25(7-2)14-12-15-26(32)8-3/h9-21,23,31H,6-8,22H2,1-5H3/b35-24+/t23?,31-/m1/s1. The van der Waals surface area contributed by atoms with E-state index in [4.69, 9.17) is 15.0 Å². The van der Waals surface area contributed by atoms with E-state index in [1.807, 2.05) is 0 Å². The molecule has 3 aromatic carbocycles. The second-order valence-corrected chi connectivity index (χ2v) is 10.3. The van der Waals surface area contributed by atoms with Crippen molar-refractivity contribution in [3.63, 3.8) is 0 Å². The average Bonchev–Trinajstić information content (AvgIpc) is 3.42. The van der Waals surface area contributed by atoms with Gasteiger partial charge in [0.1, 0.15) is 5.84 Å². The summed E-state index contributed by atoms with van der Waals surface area (Å²) in [6, 6.07) is 28.1. The first-order chi connectivity index (χ1) is 18.5. The Morgan fingerprint density at radius 3 is 2.29 bits per heavy atom. The van der Waals surface area contributed by atoms with Crippen molar-refractivity contribution in [2.75, 3.05) is 11.4 Å². The molecule has 0 spiro atoms. The molecular weight excluding hydrogens is 464 g/mol. The van der Waals surface area contributed by atoms with Gasteiger partial charge in [-0.05, 0) is 61.1 Å². The number of hydrogen-bond acceptors (Lipinski definition) is 4. The van der Waals surface area contributed by atoms with Crippen LogP contribution in [0.4, 0.5) is 11.4 Å². The number of anilines is 1. The molecule has 0 saturated carbocycles. The predicted octanol–water partition coefficient (Wildman–Crippen LogP) is 8.18. The summed E-state index contributed by atoms with van der Waals surface area (Å²) in [5, 5.41) is 1.12. The van der Waals surface area contributed by atoms with Crippen molar-refractivity contribution in [2.24, 2.45) is 15.9 Å². The summed E-state index contributed by atoms with van der Waals surface area (Å²) >= 11 is 0. The van der Waals surface area contributed by atoms with Gasteiger partial charge in [0.25, 0.3) is 0 Å². The average molecular weight is 503 g/mol. The number of benzene rings is 3. The van der Waals surface area contributed by atoms with Crippen LogP contribution in [0.3, 0.4) is 0 Å². The maximum Gasteiger partial charge on any atom is 0.138 e. The molecule has 2 atom stereocenters. The third-order valence-corrected chi connectivity index (χ3v) is 7.86. The van der Waals surface area contributed by atoms with E-state index in [-0.39, 0.29) is 6.04 Å². The van der Waals surface area contributed by atoms with Gasteiger partial charge in [-0.3, -0.25) is 9.98 Å². The van der Waals surface area contributed by atoms with E-state index in [1.54, 1.807) is 0 Å². The number of amidine groups is 1. The Balaban J connectivity index is 1.62. The molecule has 0 fully saturated rings. The minimum Gasteiger partial charge on any atom is -0.324 e. The topological polar surface area (TPSA) is 40.9 Å². The smallest absolute Gasteiger partial charge is 0.138 e. The van der Waals surface area contributed by atoms with E-state index < -0.39 is 0 Å². The zero-order valence-corrected chi connectivity index (χ0v) is 23.3. The highest BCUT2D eigenvalue weighted by Crippen LogP contribution is 2.31. The quantitative estimate of drug-likeness (QED) is 0.228. The van der Waals surface area contributed by atoms with Crippen LogP contribution in [0, 0.1) is 5.92 Å². The van der Waals surface area contributed by atoms with Crippen molar-refractivity contribution in [1.29, 1.82) is 0 Å². The van der Waals surface area contributed by atoms with Gasteiger partial charge in [-0.25, -0.2) is 4.98 Å². The Labute approximate surface area is 227 Å². The summed E-state index contributed by atoms with van der Waals surface area (Å²) in [5.74, 6) is 1.52. The van der Waals surface area contributed by atoms with Gasteiger partial charge in [-0.1, -0.05) is 88.7 Å². The molecule has 4 nitrogen and oxygen atoms in total. The molecule has 0 bridgehead atoms. The molecular formula is C34H38N4. The third-order valence-electron chi connectivity index (χ3n) is 7.86. The van der Waals surface area contributed by atoms with Crippen molar-refractivity contribution in [1.82, 2.24) is 4.98 Å². The molecule has 1 unspecified atom stereocenters. The van der Waals surface area contributed by atoms with Gasteiger partial charge in [0.05, 0.1) is 28.7 Å². The molecule has 38 heavy (non-hydrogen) atoms. The first-order valence-corrected chi connectivity index (χ1v) is 14.0. The van der Waals surface area contributed by atoms with Gasteiger partial charge in [-0.2, -0.15) is 0 Å². The molecule has 5 rings (SSSR count). The summed E-state index contributed by atoms with van der Waals surface area (Å²) < 4.78 is 0. The van der Waals surface area contributed by atoms with Crippen LogP contribution in [-0.4, -0.2) is 29.1 Å². The van der Waals surface area contributed by atoms with Crippen LogP contribution in [0.5, 0.6) is 0 Å². The summed E-state index contributed by atoms with van der Waals surface area (Å²) in [4.78, 5) is 18.0. The van der Waals surface area contributed by atoms with Gasteiger partial charge in [0, 0.05) is 23.2 Å². The van der Waals surface area contributed by atoms with Crippen LogP contribution in [0.15, 0.2) is 88.8 Å². The Kier molecular flexibility index (Phi) is 7.69. The monoisotopic (exact) mass is 502 g/mol. The van der Waals surface area contributed by atoms with E-state index in [2.05, 4.69) is 118 Å². The fraction of sp³-hybridized carbons (Fsp3) is 0.324. The van der Waals surface area contributed by atoms with E-state index in [0.717, 1.165) is 65.2 Å². The van der Waals surface area contributed by atoms with Crippen LogP contribution >= 0.6 is 0 Å². The fourth-order valence-electron chi connectivity index (χ4n) is 5.28. The number of pyridine rings is 1. The predicted molar refractivity (Wildman–Crippen MR) is 162 cm³/mol. The number of hydrogen-bond donors (Lipinski definition) is 0. The minimum atomic E-state index is 0.259. The van der Waals surface area contributed by atoms with E-state index in [0.29, 0.717) is 5.92 Å². The van der Waals surface area contributed by atoms with E-state index >= 15 is 0 Å². The second kappa shape index (κ2) is 11.3. The highest BCUT2D eigenvalue weighted by atomic mass is 15.3. The number of para-hydroxylation sites is 3. The van der Waals surface area contributed by atoms with Crippen LogP contribution in [-0.2, 0) is 12.8 Å². The summed E-state index contributed by atoms with van der Waals surface area (Å²) in [5.41, 5.74) is 8.71. The summed E-state index contributed by atoms with van der Waals surface area (Å²) in [6.07, 6.45) is 3.03. The summed E-state index contributed by atoms with van der Waals surface area (Å²) in [7, 11) is 0. The fourth-order valence-corrected chi connectivity index (χ4v) is 5.28. The molecule has 0 N–H and O–H groups in total. The highest BCUT2D eigenvalue weighted by Gasteiger charge is 2.31. The van der Waals surface area contributed by atoms with Crippen LogP contribution in [0.2, 0.25) is 0 Å². The molecule has 0 radical (unpaired) electrons. The molecule has 0 aliphatic carbocycles. The van der Waals surface area contributed by atoms with E-state index in [1.165, 1.54) is 16.8 Å². The van der Waals surface area contributed by atoms with Crippen LogP contribution in [0.1, 0.15) is 63.4 Å². The number of nitrogens with zero attached hydrogens (tertiary/aromatic N) is 4. The normalized spacial score (nSPS) is 16.7. The maximum atomic E-state index is 5.30. The summed E-state index contributed by atoms with van der Waals surface area (Å²) in [6.45, 7) is 11.9. The second-order valence-electron chi connectivity index (χ2n) is 10.3. The lowest BCUT2D eigenvalue weighted by molar-refractivity contribution is 0.465. The Hall–Kier alpha value is -3.79. The molecule has 0 amide bonds. The van der Waals surface area contributed by atoms with E-state index in [9.17, 15) is 0 Å². The number of rotatable bonds is 8. The Morgan fingerprint density at radius 1 is 0.895 bits per heavy atom. The number of aromatic nitrogens is 1. The van der Waals surface area contributed by atoms with Crippen molar-refractivity contribution >= 4 is 33.8 Å². The van der Waals surface area contributed by atoms with Crippen molar-refractivity contribution in [3.8, 4) is 0 Å². The Bertz CT molecular complexity index is 1460. The first-order valence-electron chi connectivity index (χ1n) is 14.0. The van der Waals surface area contributed by atoms with Gasteiger partial charge in [-0.15, -0.1) is 0 Å². The van der Waals surface area contributed by atoms with Crippen molar-refractivity contribution in [3.05, 3.63) is 101 Å². The maximum absolute atomic E-state index is 5.30. The number of aryl methyl sites for hydroxylation is 2. The molecule has 0 saturated heterocycles. The van der Waals surface area contributed by atoms with Crippen molar-refractivity contribution in [2.45, 2.75) is 59.9 Å². The number of aliphatic imine (C=N–C) groups is 2. The zero-order chi connectivity index (χ0) is 26.6. The van der Waals surface area contributed by atoms with Crippen LogP contribution in [0.25, 0.3) is 10.9 Å². The molecule has 2 heterocycles. The molecule has 1 aliphatic heterocycles. The largest absolute Gasteiger partial charge is 0.324 e. The van der Waals surface area contributed by atoms with Gasteiger partial charge in [0.15, 0.2) is 0 Å². The lowest BCUT2D eigenvalue weighted by atomic mass is 10.0. The molecule has 1 aliphatic rings.